The number of carbonyl (C=O) groups excluding carboxylic acids is 2. The lowest BCUT2D eigenvalue weighted by atomic mass is 9.95. The molecular formula is C26H32O3. The van der Waals surface area contributed by atoms with Crippen molar-refractivity contribution in [3.8, 4) is 0 Å². The van der Waals surface area contributed by atoms with Crippen molar-refractivity contribution in [1.82, 2.24) is 0 Å². The van der Waals surface area contributed by atoms with Crippen LogP contribution in [-0.2, 0) is 4.74 Å². The molecule has 0 aromatic heterocycles. The molecule has 2 rings (SSSR count). The topological polar surface area (TPSA) is 43.4 Å². The van der Waals surface area contributed by atoms with E-state index in [1.54, 1.807) is 6.92 Å². The zero-order chi connectivity index (χ0) is 21.2. The highest BCUT2D eigenvalue weighted by molar-refractivity contribution is 5.95. The van der Waals surface area contributed by atoms with Gasteiger partial charge in [-0.2, -0.15) is 0 Å². The number of allylic oxidation sites excluding steroid dienone is 2. The molecule has 0 saturated heterocycles. The quantitative estimate of drug-likeness (QED) is 0.190. The van der Waals surface area contributed by atoms with Crippen LogP contribution in [0.3, 0.4) is 0 Å². The van der Waals surface area contributed by atoms with Gasteiger partial charge in [0.15, 0.2) is 5.78 Å². The number of rotatable bonds is 10. The summed E-state index contributed by atoms with van der Waals surface area (Å²) >= 11 is 0. The summed E-state index contributed by atoms with van der Waals surface area (Å²) in [4.78, 5) is 23.6. The van der Waals surface area contributed by atoms with Crippen molar-refractivity contribution >= 4 is 22.9 Å². The smallest absolute Gasteiger partial charge is 0.338 e. The van der Waals surface area contributed by atoms with Crippen LogP contribution in [0.1, 0.15) is 91.6 Å². The molecule has 2 aromatic carbocycles. The van der Waals surface area contributed by atoms with E-state index in [1.165, 1.54) is 19.3 Å². The fourth-order valence-electron chi connectivity index (χ4n) is 3.20. The molecule has 0 aliphatic heterocycles. The fourth-order valence-corrected chi connectivity index (χ4v) is 3.20. The molecular weight excluding hydrogens is 360 g/mol. The van der Waals surface area contributed by atoms with Gasteiger partial charge in [0.05, 0.1) is 12.2 Å². The van der Waals surface area contributed by atoms with E-state index >= 15 is 0 Å². The molecule has 0 aliphatic rings. The number of esters is 1. The van der Waals surface area contributed by atoms with Crippen molar-refractivity contribution in [3.05, 3.63) is 70.8 Å². The Hall–Kier alpha value is -2.68. The molecule has 154 valence electrons. The molecule has 0 bridgehead atoms. The molecule has 3 nitrogen and oxygen atoms in total. The SMILES string of the molecule is CCCCCCCOC(=O)c1ccc(/C(C)=C(\C)c2ccc(C(C)=O)cc2)cc1. The molecule has 0 radical (unpaired) electrons. The van der Waals surface area contributed by atoms with E-state index in [9.17, 15) is 9.59 Å². The summed E-state index contributed by atoms with van der Waals surface area (Å²) in [7, 11) is 0. The van der Waals surface area contributed by atoms with Crippen LogP contribution in [0.4, 0.5) is 0 Å². The number of unbranched alkanes of at least 4 members (excludes halogenated alkanes) is 4. The van der Waals surface area contributed by atoms with Gasteiger partial charge in [-0.05, 0) is 61.6 Å². The second kappa shape index (κ2) is 11.4. The lowest BCUT2D eigenvalue weighted by molar-refractivity contribution is 0.0497. The Balaban J connectivity index is 1.99. The minimum absolute atomic E-state index is 0.0679. The monoisotopic (exact) mass is 392 g/mol. The minimum Gasteiger partial charge on any atom is -0.462 e. The molecule has 0 aliphatic carbocycles. The van der Waals surface area contributed by atoms with Crippen LogP contribution in [0.2, 0.25) is 0 Å². The van der Waals surface area contributed by atoms with E-state index in [-0.39, 0.29) is 11.8 Å². The first-order valence-corrected chi connectivity index (χ1v) is 10.5. The maximum atomic E-state index is 12.2. The number of ketones is 1. The largest absolute Gasteiger partial charge is 0.462 e. The van der Waals surface area contributed by atoms with Gasteiger partial charge in [-0.3, -0.25) is 4.79 Å². The second-order valence-corrected chi connectivity index (χ2v) is 7.51. The standard InChI is InChI=1S/C26H32O3/c1-5-6-7-8-9-18-29-26(28)25-16-12-23(13-17-25)20(3)19(2)22-10-14-24(15-11-22)21(4)27/h10-17H,5-9,18H2,1-4H3/b20-19+. The Morgan fingerprint density at radius 2 is 1.10 bits per heavy atom. The van der Waals surface area contributed by atoms with E-state index in [0.29, 0.717) is 17.7 Å². The Kier molecular flexibility index (Phi) is 8.85. The maximum Gasteiger partial charge on any atom is 0.338 e. The maximum absolute atomic E-state index is 12.2. The Morgan fingerprint density at radius 3 is 1.59 bits per heavy atom. The van der Waals surface area contributed by atoms with E-state index in [4.69, 9.17) is 4.74 Å². The number of Topliss-reactive ketones (excluding diaryl/α,β-unsaturated/α-hetero) is 1. The van der Waals surface area contributed by atoms with Gasteiger partial charge >= 0.3 is 5.97 Å². The van der Waals surface area contributed by atoms with Gasteiger partial charge in [-0.25, -0.2) is 4.79 Å². The molecule has 0 N–H and O–H groups in total. The van der Waals surface area contributed by atoms with Gasteiger partial charge in [-0.15, -0.1) is 0 Å². The van der Waals surface area contributed by atoms with Crippen LogP contribution in [0.15, 0.2) is 48.5 Å². The summed E-state index contributed by atoms with van der Waals surface area (Å²) < 4.78 is 5.38. The zero-order valence-corrected chi connectivity index (χ0v) is 18.1. The summed E-state index contributed by atoms with van der Waals surface area (Å²) in [6.45, 7) is 8.38. The van der Waals surface area contributed by atoms with Crippen molar-refractivity contribution in [2.24, 2.45) is 0 Å². The average Bonchev–Trinajstić information content (AvgIpc) is 2.75. The van der Waals surface area contributed by atoms with Crippen LogP contribution < -0.4 is 0 Å². The van der Waals surface area contributed by atoms with Gasteiger partial charge in [0.25, 0.3) is 0 Å². The van der Waals surface area contributed by atoms with E-state index in [0.717, 1.165) is 35.1 Å². The van der Waals surface area contributed by atoms with E-state index in [2.05, 4.69) is 20.8 Å². The fraction of sp³-hybridized carbons (Fsp3) is 0.385. The second-order valence-electron chi connectivity index (χ2n) is 7.51. The van der Waals surface area contributed by atoms with Crippen LogP contribution >= 0.6 is 0 Å². The number of hydrogen-bond donors (Lipinski definition) is 0. The molecule has 29 heavy (non-hydrogen) atoms. The summed E-state index contributed by atoms with van der Waals surface area (Å²) in [5, 5.41) is 0. The zero-order valence-electron chi connectivity index (χ0n) is 18.1. The lowest BCUT2D eigenvalue weighted by Crippen LogP contribution is -2.06. The van der Waals surface area contributed by atoms with Gasteiger partial charge in [-0.1, -0.05) is 69.0 Å². The summed E-state index contributed by atoms with van der Waals surface area (Å²) in [5.41, 5.74) is 5.72. The van der Waals surface area contributed by atoms with E-state index < -0.39 is 0 Å². The average molecular weight is 393 g/mol. The summed E-state index contributed by atoms with van der Waals surface area (Å²) in [6, 6.07) is 15.2. The van der Waals surface area contributed by atoms with Crippen LogP contribution in [-0.4, -0.2) is 18.4 Å². The van der Waals surface area contributed by atoms with Gasteiger partial charge in [0.1, 0.15) is 0 Å². The predicted octanol–water partition coefficient (Wildman–Crippen LogP) is 6.97. The normalized spacial score (nSPS) is 11.7. The molecule has 0 fully saturated rings. The van der Waals surface area contributed by atoms with Gasteiger partial charge in [0.2, 0.25) is 0 Å². The highest BCUT2D eigenvalue weighted by Crippen LogP contribution is 2.26. The first-order valence-electron chi connectivity index (χ1n) is 10.5. The minimum atomic E-state index is -0.259. The molecule has 3 heteroatoms. The lowest BCUT2D eigenvalue weighted by Gasteiger charge is -2.10. The highest BCUT2D eigenvalue weighted by atomic mass is 16.5. The first-order chi connectivity index (χ1) is 13.9. The van der Waals surface area contributed by atoms with Gasteiger partial charge < -0.3 is 4.74 Å². The third-order valence-corrected chi connectivity index (χ3v) is 5.32. The van der Waals surface area contributed by atoms with Crippen molar-refractivity contribution < 1.29 is 14.3 Å². The van der Waals surface area contributed by atoms with E-state index in [1.807, 2.05) is 48.5 Å². The first kappa shape index (κ1) is 22.6. The molecule has 0 saturated carbocycles. The Bertz CT molecular complexity index is 843. The van der Waals surface area contributed by atoms with Crippen molar-refractivity contribution in [2.75, 3.05) is 6.61 Å². The van der Waals surface area contributed by atoms with Crippen LogP contribution in [0.5, 0.6) is 0 Å². The van der Waals surface area contributed by atoms with Crippen molar-refractivity contribution in [3.63, 3.8) is 0 Å². The Labute approximate surface area is 174 Å². The number of benzene rings is 2. The predicted molar refractivity (Wildman–Crippen MR) is 120 cm³/mol. The third-order valence-electron chi connectivity index (χ3n) is 5.32. The van der Waals surface area contributed by atoms with Gasteiger partial charge in [0, 0.05) is 5.56 Å². The Morgan fingerprint density at radius 1 is 0.655 bits per heavy atom. The summed E-state index contributed by atoms with van der Waals surface area (Å²) in [5.74, 6) is -0.191. The number of hydrogen-bond acceptors (Lipinski definition) is 3. The molecule has 0 unspecified atom stereocenters. The molecule has 0 spiro atoms. The molecule has 0 atom stereocenters. The molecule has 0 heterocycles. The van der Waals surface area contributed by atoms with Crippen molar-refractivity contribution in [2.45, 2.75) is 59.8 Å². The van der Waals surface area contributed by atoms with Crippen LogP contribution in [0, 0.1) is 0 Å². The highest BCUT2D eigenvalue weighted by Gasteiger charge is 2.09. The van der Waals surface area contributed by atoms with Crippen LogP contribution in [0.25, 0.3) is 11.1 Å². The molecule has 0 amide bonds. The number of carbonyl (C=O) groups is 2. The number of ether oxygens (including phenoxy) is 1. The molecule has 2 aromatic rings. The third kappa shape index (κ3) is 6.70. The van der Waals surface area contributed by atoms with Crippen molar-refractivity contribution in [1.29, 1.82) is 0 Å². The summed E-state index contributed by atoms with van der Waals surface area (Å²) in [6.07, 6.45) is 5.68.